The van der Waals surface area contributed by atoms with Gasteiger partial charge in [0.25, 0.3) is 0 Å². The summed E-state index contributed by atoms with van der Waals surface area (Å²) in [6.45, 7) is 10.5. The average molecular weight is 695 g/mol. The minimum Gasteiger partial charge on any atom is -0.478 e. The standard InChI is InChI=1S/C31H29FN2O.C6H14N2.C4H4O4/c1-30(2,34-28-21-27(32)20-23-18-19-35-29(23)28)22-33-31(24-12-6-3-7-13-24,25-14-8-4-9-15-25)26-16-10-5-11-17-26;1-6-5-7-3-4-8(6)2;5-3(6)1-2-4(7)8/h3-21,33-34H,22H2,1-2H3;6-7H,3-5H2,1-2H3;1-2H,(H,5,6)(H,7,8). The fraction of sp³-hybridized carbons (Fsp3) is 0.268. The molecule has 0 spiro atoms. The lowest BCUT2D eigenvalue weighted by atomic mass is 9.76. The first-order chi connectivity index (χ1) is 24.4. The van der Waals surface area contributed by atoms with Crippen molar-refractivity contribution in [3.63, 3.8) is 0 Å². The highest BCUT2D eigenvalue weighted by Gasteiger charge is 2.37. The molecule has 1 unspecified atom stereocenters. The number of aliphatic carboxylic acids is 2. The number of carboxylic acid groups (broad SMARTS) is 2. The van der Waals surface area contributed by atoms with Crippen molar-refractivity contribution in [3.05, 3.63) is 150 Å². The number of hydrogen-bond donors (Lipinski definition) is 5. The third kappa shape index (κ3) is 10.8. The number of anilines is 1. The van der Waals surface area contributed by atoms with Crippen molar-refractivity contribution in [1.29, 1.82) is 0 Å². The van der Waals surface area contributed by atoms with Crippen LogP contribution in [0, 0.1) is 5.82 Å². The summed E-state index contributed by atoms with van der Waals surface area (Å²) in [4.78, 5) is 21.5. The molecule has 1 aliphatic heterocycles. The Bertz CT molecular complexity index is 1740. The predicted octanol–water partition coefficient (Wildman–Crippen LogP) is 6.97. The number of piperazine rings is 1. The summed E-state index contributed by atoms with van der Waals surface area (Å²) in [7, 11) is 2.17. The van der Waals surface area contributed by atoms with Crippen molar-refractivity contribution in [3.8, 4) is 0 Å². The largest absolute Gasteiger partial charge is 0.478 e. The minimum atomic E-state index is -1.26. The van der Waals surface area contributed by atoms with Gasteiger partial charge in [0.2, 0.25) is 0 Å². The van der Waals surface area contributed by atoms with Crippen LogP contribution in [-0.4, -0.2) is 71.9 Å². The van der Waals surface area contributed by atoms with Gasteiger partial charge in [0.15, 0.2) is 5.58 Å². The number of nitrogens with one attached hydrogen (secondary N) is 3. The molecule has 0 radical (unpaired) electrons. The second kappa shape index (κ2) is 18.1. The first-order valence-corrected chi connectivity index (χ1v) is 16.8. The van der Waals surface area contributed by atoms with Gasteiger partial charge in [-0.2, -0.15) is 0 Å². The van der Waals surface area contributed by atoms with Crippen molar-refractivity contribution in [1.82, 2.24) is 15.5 Å². The van der Waals surface area contributed by atoms with Crippen LogP contribution in [0.3, 0.4) is 0 Å². The SMILES string of the molecule is CC(C)(CNC(c1ccccc1)(c1ccccc1)c1ccccc1)Nc1cc(F)cc2ccoc12.CC1CNCCN1C.O=C(O)C=CC(=O)O. The van der Waals surface area contributed by atoms with Crippen LogP contribution in [0.1, 0.15) is 37.5 Å². The van der Waals surface area contributed by atoms with Crippen LogP contribution >= 0.6 is 0 Å². The van der Waals surface area contributed by atoms with E-state index < -0.39 is 23.0 Å². The molecule has 10 heteroatoms. The van der Waals surface area contributed by atoms with Gasteiger partial charge in [0, 0.05) is 61.4 Å². The zero-order valence-electron chi connectivity index (χ0n) is 29.5. The summed E-state index contributed by atoms with van der Waals surface area (Å²) in [5, 5.41) is 27.1. The fourth-order valence-electron chi connectivity index (χ4n) is 5.86. The van der Waals surface area contributed by atoms with Crippen molar-refractivity contribution >= 4 is 28.6 Å². The molecule has 268 valence electrons. The van der Waals surface area contributed by atoms with E-state index in [1.54, 1.807) is 12.3 Å². The third-order valence-electron chi connectivity index (χ3n) is 8.61. The smallest absolute Gasteiger partial charge is 0.328 e. The quantitative estimate of drug-likeness (QED) is 0.0779. The lowest BCUT2D eigenvalue weighted by molar-refractivity contribution is -0.134. The maximum Gasteiger partial charge on any atom is 0.328 e. The molecular weight excluding hydrogens is 647 g/mol. The van der Waals surface area contributed by atoms with Crippen LogP contribution in [0.15, 0.2) is 132 Å². The highest BCUT2D eigenvalue weighted by molar-refractivity contribution is 5.90. The van der Waals surface area contributed by atoms with Crippen LogP contribution < -0.4 is 16.0 Å². The summed E-state index contributed by atoms with van der Waals surface area (Å²) >= 11 is 0. The number of carbonyl (C=O) groups is 2. The van der Waals surface area contributed by atoms with Gasteiger partial charge >= 0.3 is 11.9 Å². The number of halogens is 1. The summed E-state index contributed by atoms with van der Waals surface area (Å²) in [6, 6.07) is 37.0. The number of carboxylic acids is 2. The zero-order valence-corrected chi connectivity index (χ0v) is 29.5. The van der Waals surface area contributed by atoms with E-state index >= 15 is 0 Å². The molecule has 1 fully saturated rings. The molecule has 0 bridgehead atoms. The van der Waals surface area contributed by atoms with E-state index in [0.29, 0.717) is 30.0 Å². The van der Waals surface area contributed by atoms with Gasteiger partial charge in [0.05, 0.1) is 17.5 Å². The number of furan rings is 1. The molecule has 0 aliphatic carbocycles. The molecule has 51 heavy (non-hydrogen) atoms. The summed E-state index contributed by atoms with van der Waals surface area (Å²) < 4.78 is 19.9. The van der Waals surface area contributed by atoms with E-state index in [1.807, 2.05) is 18.2 Å². The average Bonchev–Trinajstić information content (AvgIpc) is 3.60. The van der Waals surface area contributed by atoms with E-state index in [2.05, 4.69) is 121 Å². The van der Waals surface area contributed by atoms with Crippen molar-refractivity contribution in [2.24, 2.45) is 0 Å². The molecule has 6 rings (SSSR count). The first kappa shape index (κ1) is 38.5. The Balaban J connectivity index is 0.000000301. The zero-order chi connectivity index (χ0) is 36.9. The Morgan fingerprint density at radius 1 is 0.882 bits per heavy atom. The molecule has 1 saturated heterocycles. The Labute approximate surface area is 298 Å². The molecule has 1 atom stereocenters. The maximum atomic E-state index is 14.3. The van der Waals surface area contributed by atoms with Gasteiger partial charge in [-0.25, -0.2) is 14.0 Å². The highest BCUT2D eigenvalue weighted by Crippen LogP contribution is 2.37. The summed E-state index contributed by atoms with van der Waals surface area (Å²) in [5.74, 6) is -2.81. The number of nitrogens with zero attached hydrogens (tertiary/aromatic N) is 1. The number of likely N-dealkylation sites (N-methyl/N-ethyl adjacent to an activating group) is 1. The lowest BCUT2D eigenvalue weighted by Crippen LogP contribution is -2.52. The van der Waals surface area contributed by atoms with Crippen LogP contribution in [-0.2, 0) is 15.1 Å². The maximum absolute atomic E-state index is 14.3. The van der Waals surface area contributed by atoms with Gasteiger partial charge in [-0.3, -0.25) is 5.32 Å². The molecule has 1 aromatic heterocycles. The molecule has 1 aliphatic rings. The Morgan fingerprint density at radius 3 is 1.82 bits per heavy atom. The molecule has 0 saturated carbocycles. The second-order valence-corrected chi connectivity index (χ2v) is 13.0. The number of fused-ring (bicyclic) bond motifs is 1. The van der Waals surface area contributed by atoms with E-state index in [0.717, 1.165) is 41.2 Å². The molecule has 4 aromatic carbocycles. The van der Waals surface area contributed by atoms with Crippen molar-refractivity contribution in [2.45, 2.75) is 37.9 Å². The monoisotopic (exact) mass is 694 g/mol. The molecule has 5 aromatic rings. The molecule has 9 nitrogen and oxygen atoms in total. The summed E-state index contributed by atoms with van der Waals surface area (Å²) in [6.07, 6.45) is 2.70. The normalized spacial score (nSPS) is 15.0. The molecule has 5 N–H and O–H groups in total. The van der Waals surface area contributed by atoms with Gasteiger partial charge in [-0.15, -0.1) is 0 Å². The predicted molar refractivity (Wildman–Crippen MR) is 200 cm³/mol. The Kier molecular flexibility index (Phi) is 13.7. The van der Waals surface area contributed by atoms with Gasteiger partial charge < -0.3 is 30.2 Å². The van der Waals surface area contributed by atoms with Crippen molar-refractivity contribution < 1.29 is 28.6 Å². The summed E-state index contributed by atoms with van der Waals surface area (Å²) in [5.41, 5.74) is 3.72. The van der Waals surface area contributed by atoms with E-state index in [9.17, 15) is 14.0 Å². The van der Waals surface area contributed by atoms with Gasteiger partial charge in [0.1, 0.15) is 5.82 Å². The third-order valence-corrected chi connectivity index (χ3v) is 8.61. The van der Waals surface area contributed by atoms with E-state index in [-0.39, 0.29) is 5.82 Å². The minimum absolute atomic E-state index is 0.294. The van der Waals surface area contributed by atoms with Crippen molar-refractivity contribution in [2.75, 3.05) is 38.5 Å². The van der Waals surface area contributed by atoms with Crippen LogP contribution in [0.2, 0.25) is 0 Å². The molecule has 2 heterocycles. The van der Waals surface area contributed by atoms with Gasteiger partial charge in [-0.1, -0.05) is 91.0 Å². The fourth-order valence-corrected chi connectivity index (χ4v) is 5.86. The second-order valence-electron chi connectivity index (χ2n) is 13.0. The molecule has 0 amide bonds. The van der Waals surface area contributed by atoms with E-state index in [1.165, 1.54) is 18.7 Å². The lowest BCUT2D eigenvalue weighted by Gasteiger charge is -2.40. The van der Waals surface area contributed by atoms with E-state index in [4.69, 9.17) is 14.6 Å². The topological polar surface area (TPSA) is 127 Å². The van der Waals surface area contributed by atoms with Crippen LogP contribution in [0.25, 0.3) is 11.0 Å². The number of hydrogen-bond acceptors (Lipinski definition) is 7. The Morgan fingerprint density at radius 2 is 1.39 bits per heavy atom. The van der Waals surface area contributed by atoms with Gasteiger partial charge in [-0.05, 0) is 56.6 Å². The highest BCUT2D eigenvalue weighted by atomic mass is 19.1. The van der Waals surface area contributed by atoms with Crippen LogP contribution in [0.5, 0.6) is 0 Å². The molecular formula is C41H47FN4O5. The number of rotatable bonds is 10. The first-order valence-electron chi connectivity index (χ1n) is 16.8. The van der Waals surface area contributed by atoms with Crippen LogP contribution in [0.4, 0.5) is 10.1 Å². The number of benzene rings is 4. The Hall–Kier alpha value is -5.29.